The van der Waals surface area contributed by atoms with Gasteiger partial charge in [0.1, 0.15) is 0 Å². The molecule has 49 heavy (non-hydrogen) atoms. The molecule has 0 saturated carbocycles. The van der Waals surface area contributed by atoms with E-state index in [2.05, 4.69) is 34.9 Å². The average Bonchev–Trinajstić information content (AvgIpc) is 3.88. The maximum atomic E-state index is 13.3. The number of aryl methyl sites for hydroxylation is 2. The summed E-state index contributed by atoms with van der Waals surface area (Å²) in [6.07, 6.45) is 21.8. The number of hydrogen-bond donors (Lipinski definition) is 2. The number of rotatable bonds is 6. The van der Waals surface area contributed by atoms with Crippen LogP contribution < -0.4 is 10.6 Å². The Morgan fingerprint density at radius 3 is 1.20 bits per heavy atom. The smallest absolute Gasteiger partial charge is 0.373 e. The minimum absolute atomic E-state index is 0. The summed E-state index contributed by atoms with van der Waals surface area (Å²) in [5.74, 6) is -4.33. The molecule has 0 atom stereocenters. The van der Waals surface area contributed by atoms with Crippen LogP contribution in [0, 0.1) is 47.6 Å². The first-order chi connectivity index (χ1) is 23.2. The molecule has 4 nitrogen and oxygen atoms in total. The summed E-state index contributed by atoms with van der Waals surface area (Å²) in [4.78, 5) is 23.7. The maximum Gasteiger partial charge on any atom is 4.00 e. The third-order valence-electron chi connectivity index (χ3n) is 6.64. The van der Waals surface area contributed by atoms with E-state index >= 15 is 0 Å². The molecule has 4 aromatic carbocycles. The van der Waals surface area contributed by atoms with Gasteiger partial charge in [-0.3, -0.25) is 21.7 Å². The van der Waals surface area contributed by atoms with Crippen molar-refractivity contribution in [3.63, 3.8) is 0 Å². The van der Waals surface area contributed by atoms with Crippen LogP contribution >= 0.6 is 0 Å². The first-order valence-corrected chi connectivity index (χ1v) is 15.2. The van der Waals surface area contributed by atoms with Gasteiger partial charge < -0.3 is 10.6 Å². The fourth-order valence-electron chi connectivity index (χ4n) is 3.93. The molecule has 9 heteroatoms. The Bertz CT molecular complexity index is 1620. The molecule has 0 fully saturated rings. The molecule has 0 heterocycles. The van der Waals surface area contributed by atoms with Gasteiger partial charge in [-0.05, 0) is 59.6 Å². The number of benzene rings is 4. The van der Waals surface area contributed by atoms with Crippen LogP contribution in [0.15, 0.2) is 109 Å². The zero-order chi connectivity index (χ0) is 34.7. The van der Waals surface area contributed by atoms with Crippen molar-refractivity contribution in [1.82, 2.24) is 0 Å². The van der Waals surface area contributed by atoms with E-state index in [-0.39, 0.29) is 33.1 Å². The second kappa shape index (κ2) is 22.0. The van der Waals surface area contributed by atoms with E-state index in [1.807, 2.05) is 74.5 Å². The van der Waals surface area contributed by atoms with E-state index in [0.29, 0.717) is 11.1 Å². The van der Waals surface area contributed by atoms with Crippen LogP contribution in [0.2, 0.25) is 0 Å². The van der Waals surface area contributed by atoms with Gasteiger partial charge in [-0.2, -0.15) is 12.2 Å². The van der Waals surface area contributed by atoms with Gasteiger partial charge in [-0.1, -0.05) is 38.1 Å². The second-order valence-corrected chi connectivity index (χ2v) is 10.1. The quantitative estimate of drug-likeness (QED) is 0.120. The summed E-state index contributed by atoms with van der Waals surface area (Å²) in [6.45, 7) is 4.03. The molecule has 2 aliphatic rings. The van der Waals surface area contributed by atoms with E-state index in [9.17, 15) is 27.2 Å². The minimum atomic E-state index is -0.918. The van der Waals surface area contributed by atoms with E-state index in [4.69, 9.17) is 0 Å². The van der Waals surface area contributed by atoms with Crippen molar-refractivity contribution in [2.45, 2.75) is 39.5 Å². The molecule has 4 aromatic rings. The van der Waals surface area contributed by atoms with E-state index in [1.165, 1.54) is 12.1 Å². The summed E-state index contributed by atoms with van der Waals surface area (Å²) < 4.78 is 52.0. The van der Waals surface area contributed by atoms with Crippen molar-refractivity contribution in [2.24, 2.45) is 0 Å². The SMILES string of the molecule is CCc1ccc(C(=O)Nc2ccc(F)[c-]c2F)cc1.CCc1ccc(C(=O)Nc2ccc(F)[c-]c2F)cc1.[C-]1=CC=CC1.[C-]1=CC=CC1.[Ti+4]. The molecule has 0 bridgehead atoms. The Kier molecular flexibility index (Phi) is 18.1. The average molecular weight is 699 g/mol. The summed E-state index contributed by atoms with van der Waals surface area (Å²) in [7, 11) is 0. The largest absolute Gasteiger partial charge is 4.00 e. The molecule has 0 saturated heterocycles. The van der Waals surface area contributed by atoms with Crippen LogP contribution in [-0.2, 0) is 34.6 Å². The molecule has 0 radical (unpaired) electrons. The topological polar surface area (TPSA) is 58.2 Å². The van der Waals surface area contributed by atoms with E-state index in [1.54, 1.807) is 24.3 Å². The number of amides is 2. The van der Waals surface area contributed by atoms with Gasteiger partial charge >= 0.3 is 21.7 Å². The van der Waals surface area contributed by atoms with Crippen molar-refractivity contribution in [3.8, 4) is 0 Å². The van der Waals surface area contributed by atoms with Gasteiger partial charge in [0.2, 0.25) is 11.8 Å². The predicted molar refractivity (Wildman–Crippen MR) is 181 cm³/mol. The molecule has 0 aliphatic heterocycles. The number of carbonyl (C=O) groups is 2. The monoisotopic (exact) mass is 698 g/mol. The first kappa shape index (κ1) is 40.4. The van der Waals surface area contributed by atoms with Crippen molar-refractivity contribution in [3.05, 3.63) is 179 Å². The minimum Gasteiger partial charge on any atom is -0.373 e. The first-order valence-electron chi connectivity index (χ1n) is 15.2. The third-order valence-corrected chi connectivity index (χ3v) is 6.64. The van der Waals surface area contributed by atoms with Gasteiger partial charge in [-0.15, -0.1) is 49.2 Å². The predicted octanol–water partition coefficient (Wildman–Crippen LogP) is 9.77. The number of carbonyl (C=O) groups excluding carboxylic acids is 2. The molecule has 0 spiro atoms. The van der Waals surface area contributed by atoms with Gasteiger partial charge in [0, 0.05) is 34.4 Å². The van der Waals surface area contributed by atoms with Crippen LogP contribution in [0.1, 0.15) is 58.5 Å². The van der Waals surface area contributed by atoms with Crippen molar-refractivity contribution < 1.29 is 48.9 Å². The van der Waals surface area contributed by atoms with Crippen LogP contribution in [-0.4, -0.2) is 11.8 Å². The molecule has 6 rings (SSSR count). The molecule has 2 aliphatic carbocycles. The van der Waals surface area contributed by atoms with Crippen molar-refractivity contribution in [2.75, 3.05) is 10.6 Å². The number of allylic oxidation sites excluding steroid dienone is 8. The summed E-state index contributed by atoms with van der Waals surface area (Å²) in [5.41, 5.74) is 2.87. The Balaban J connectivity index is 0.000000260. The number of anilines is 2. The van der Waals surface area contributed by atoms with Crippen LogP contribution in [0.3, 0.4) is 0 Å². The fourth-order valence-corrected chi connectivity index (χ4v) is 3.93. The molecule has 2 amide bonds. The number of hydrogen-bond acceptors (Lipinski definition) is 2. The normalized spacial score (nSPS) is 11.6. The van der Waals surface area contributed by atoms with Crippen LogP contribution in [0.4, 0.5) is 28.9 Å². The van der Waals surface area contributed by atoms with Gasteiger partial charge in [0.05, 0.1) is 0 Å². The Morgan fingerprint density at radius 2 is 0.959 bits per heavy atom. The standard InChI is InChI=1S/2C15H12F2NO.2C5H5.Ti/c2*1-2-10-3-5-11(6-4-10)15(19)18-14-8-7-12(16)9-13(14)17;2*1-2-4-5-3-1;/h2*3-8H,2H2,1H3,(H,18,19);2*1-3H,4H2;/q4*-1;+4. The summed E-state index contributed by atoms with van der Waals surface area (Å²) >= 11 is 0. The van der Waals surface area contributed by atoms with Crippen LogP contribution in [0.5, 0.6) is 0 Å². The summed E-state index contributed by atoms with van der Waals surface area (Å²) in [5, 5.41) is 4.76. The van der Waals surface area contributed by atoms with E-state index < -0.39 is 35.1 Å². The molecule has 248 valence electrons. The van der Waals surface area contributed by atoms with Crippen molar-refractivity contribution >= 4 is 23.2 Å². The fraction of sp³-hybridized carbons (Fsp3) is 0.150. The van der Waals surface area contributed by atoms with E-state index in [0.717, 1.165) is 48.9 Å². The van der Waals surface area contributed by atoms with Gasteiger partial charge in [-0.25, -0.2) is 41.9 Å². The zero-order valence-corrected chi connectivity index (χ0v) is 28.6. The number of nitrogens with one attached hydrogen (secondary N) is 2. The molecular weight excluding hydrogens is 664 g/mol. The maximum absolute atomic E-state index is 13.3. The second-order valence-electron chi connectivity index (χ2n) is 10.1. The Labute approximate surface area is 300 Å². The molecular formula is C40H34F4N2O2Ti. The Hall–Kier alpha value is -4.79. The molecule has 0 aromatic heterocycles. The Morgan fingerprint density at radius 1 is 0.592 bits per heavy atom. The third kappa shape index (κ3) is 14.5. The molecule has 0 unspecified atom stereocenters. The number of halogens is 4. The van der Waals surface area contributed by atoms with Crippen LogP contribution in [0.25, 0.3) is 0 Å². The zero-order valence-electron chi connectivity index (χ0n) is 27.0. The van der Waals surface area contributed by atoms with Gasteiger partial charge in [0.15, 0.2) is 0 Å². The summed E-state index contributed by atoms with van der Waals surface area (Å²) in [6, 6.07) is 22.2. The van der Waals surface area contributed by atoms with Gasteiger partial charge in [0.25, 0.3) is 0 Å². The van der Waals surface area contributed by atoms with Crippen molar-refractivity contribution in [1.29, 1.82) is 0 Å². The molecule has 2 N–H and O–H groups in total.